The summed E-state index contributed by atoms with van der Waals surface area (Å²) < 4.78 is 25.2. The van der Waals surface area contributed by atoms with Gasteiger partial charge in [-0.3, -0.25) is 0 Å². The van der Waals surface area contributed by atoms with Gasteiger partial charge in [0.2, 0.25) is 21.0 Å². The van der Waals surface area contributed by atoms with Gasteiger partial charge >= 0.3 is 0 Å². The number of aromatic nitrogens is 1. The van der Waals surface area contributed by atoms with E-state index in [1.807, 2.05) is 12.1 Å². The van der Waals surface area contributed by atoms with Crippen molar-refractivity contribution in [2.45, 2.75) is 4.90 Å². The monoisotopic (exact) mass is 467 g/mol. The first-order valence-electron chi connectivity index (χ1n) is 7.50. The molecule has 0 aliphatic carbocycles. The molecule has 8 nitrogen and oxygen atoms in total. The molecule has 11 heteroatoms. The zero-order valence-electron chi connectivity index (χ0n) is 13.9. The van der Waals surface area contributed by atoms with Crippen LogP contribution in [0.3, 0.4) is 0 Å². The van der Waals surface area contributed by atoms with Crippen molar-refractivity contribution in [3.8, 4) is 5.88 Å². The maximum Gasteiger partial charge on any atom is 0.238 e. The summed E-state index contributed by atoms with van der Waals surface area (Å²) in [4.78, 5) is -0.0520. The molecule has 4 N–H and O–H groups in total. The average molecular weight is 468 g/mol. The molecule has 0 atom stereocenters. The van der Waals surface area contributed by atoms with Crippen molar-refractivity contribution in [3.63, 3.8) is 0 Å². The quantitative estimate of drug-likeness (QED) is 0.399. The lowest BCUT2D eigenvalue weighted by Gasteiger charge is -2.05. The van der Waals surface area contributed by atoms with E-state index in [0.29, 0.717) is 11.1 Å². The van der Waals surface area contributed by atoms with E-state index >= 15 is 0 Å². The zero-order chi connectivity index (χ0) is 19.8. The van der Waals surface area contributed by atoms with Gasteiger partial charge in [0.15, 0.2) is 5.69 Å². The van der Waals surface area contributed by atoms with Crippen molar-refractivity contribution < 1.29 is 13.5 Å². The smallest absolute Gasteiger partial charge is 0.238 e. The minimum absolute atomic E-state index is 0.00651. The molecular weight excluding hydrogens is 454 g/mol. The Labute approximate surface area is 168 Å². The van der Waals surface area contributed by atoms with Crippen LogP contribution in [0.25, 0.3) is 10.9 Å². The van der Waals surface area contributed by atoms with Gasteiger partial charge in [0.05, 0.1) is 10.4 Å². The lowest BCUT2D eigenvalue weighted by molar-refractivity contribution is 0.436. The molecule has 0 fully saturated rings. The number of anilines is 1. The number of para-hydroxylation sites is 1. The predicted molar refractivity (Wildman–Crippen MR) is 111 cm³/mol. The molecule has 27 heavy (non-hydrogen) atoms. The standard InChI is InChI=1S/C16H14BrN5O3S2/c1-22-14-11(6-3-7-12(14)17)13(15(22)23)20-21-16(26)19-9-4-2-5-10(8-9)27(18,24)25/h2-8,23H,1H3,(H,19,26)(H2,18,24,25). The van der Waals surface area contributed by atoms with E-state index < -0.39 is 10.0 Å². The van der Waals surface area contributed by atoms with Crippen LogP contribution >= 0.6 is 28.1 Å². The molecule has 140 valence electrons. The lowest BCUT2D eigenvalue weighted by Crippen LogP contribution is -2.13. The Hall–Kier alpha value is -2.34. The van der Waals surface area contributed by atoms with Crippen LogP contribution in [0.15, 0.2) is 62.1 Å². The molecule has 0 radical (unpaired) electrons. The van der Waals surface area contributed by atoms with Gasteiger partial charge in [-0.2, -0.15) is 0 Å². The Kier molecular flexibility index (Phi) is 5.29. The Bertz CT molecular complexity index is 1190. The summed E-state index contributed by atoms with van der Waals surface area (Å²) >= 11 is 8.56. The SMILES string of the molecule is Cn1c(O)c(N=NC(=S)Nc2cccc(S(N)(=O)=O)c2)c2cccc(Br)c21. The number of benzene rings is 2. The van der Waals surface area contributed by atoms with Gasteiger partial charge in [-0.25, -0.2) is 13.6 Å². The second kappa shape index (κ2) is 7.35. The number of sulfonamides is 1. The van der Waals surface area contributed by atoms with E-state index in [-0.39, 0.29) is 21.6 Å². The largest absolute Gasteiger partial charge is 0.493 e. The number of fused-ring (bicyclic) bond motifs is 1. The highest BCUT2D eigenvalue weighted by molar-refractivity contribution is 9.10. The van der Waals surface area contributed by atoms with Gasteiger partial charge in [0, 0.05) is 22.6 Å². The van der Waals surface area contributed by atoms with Crippen molar-refractivity contribution in [1.29, 1.82) is 0 Å². The fraction of sp³-hybridized carbons (Fsp3) is 0.0625. The number of primary sulfonamides is 1. The predicted octanol–water partition coefficient (Wildman–Crippen LogP) is 3.77. The fourth-order valence-electron chi connectivity index (χ4n) is 2.53. The summed E-state index contributed by atoms with van der Waals surface area (Å²) in [5.74, 6) is -0.0559. The van der Waals surface area contributed by atoms with E-state index in [4.69, 9.17) is 17.4 Å². The van der Waals surface area contributed by atoms with Crippen molar-refractivity contribution in [2.75, 3.05) is 5.32 Å². The van der Waals surface area contributed by atoms with Gasteiger partial charge in [0.25, 0.3) is 0 Å². The van der Waals surface area contributed by atoms with E-state index in [1.54, 1.807) is 23.7 Å². The Morgan fingerprint density at radius 3 is 2.70 bits per heavy atom. The minimum Gasteiger partial charge on any atom is -0.493 e. The van der Waals surface area contributed by atoms with Gasteiger partial charge in [0.1, 0.15) is 0 Å². The molecule has 0 spiro atoms. The van der Waals surface area contributed by atoms with Crippen molar-refractivity contribution in [3.05, 3.63) is 46.9 Å². The van der Waals surface area contributed by atoms with E-state index in [9.17, 15) is 13.5 Å². The third-order valence-electron chi connectivity index (χ3n) is 3.76. The number of azo groups is 1. The number of thiocarbonyl (C=S) groups is 1. The molecule has 2 aromatic carbocycles. The van der Waals surface area contributed by atoms with E-state index in [2.05, 4.69) is 31.5 Å². The van der Waals surface area contributed by atoms with Crippen LogP contribution in [0.5, 0.6) is 5.88 Å². The van der Waals surface area contributed by atoms with Gasteiger partial charge in [-0.15, -0.1) is 10.2 Å². The minimum atomic E-state index is -3.83. The number of hydrogen-bond acceptors (Lipinski definition) is 5. The maximum atomic E-state index is 11.4. The molecule has 3 aromatic rings. The Balaban J connectivity index is 1.88. The molecule has 0 saturated heterocycles. The molecule has 0 bridgehead atoms. The molecule has 0 unspecified atom stereocenters. The summed E-state index contributed by atoms with van der Waals surface area (Å²) in [5.41, 5.74) is 1.44. The van der Waals surface area contributed by atoms with Crippen molar-refractivity contribution >= 4 is 65.6 Å². The van der Waals surface area contributed by atoms with Crippen molar-refractivity contribution in [2.24, 2.45) is 22.4 Å². The average Bonchev–Trinajstić information content (AvgIpc) is 2.84. The zero-order valence-corrected chi connectivity index (χ0v) is 17.1. The lowest BCUT2D eigenvalue weighted by atomic mass is 10.2. The number of nitrogens with zero attached hydrogens (tertiary/aromatic N) is 3. The molecular formula is C16H14BrN5O3S2. The molecule has 0 aliphatic rings. The summed E-state index contributed by atoms with van der Waals surface area (Å²) in [6.07, 6.45) is 0. The number of rotatable bonds is 3. The van der Waals surface area contributed by atoms with Crippen LogP contribution in [0.2, 0.25) is 0 Å². The fourth-order valence-corrected chi connectivity index (χ4v) is 3.88. The highest BCUT2D eigenvalue weighted by Gasteiger charge is 2.16. The van der Waals surface area contributed by atoms with Crippen LogP contribution in [-0.2, 0) is 17.1 Å². The number of aryl methyl sites for hydroxylation is 1. The highest BCUT2D eigenvalue weighted by atomic mass is 79.9. The van der Waals surface area contributed by atoms with Crippen molar-refractivity contribution in [1.82, 2.24) is 4.57 Å². The second-order valence-electron chi connectivity index (χ2n) is 5.57. The summed E-state index contributed by atoms with van der Waals surface area (Å²) in [5, 5.41) is 26.8. The van der Waals surface area contributed by atoms with Crippen LogP contribution in [0.4, 0.5) is 11.4 Å². The summed E-state index contributed by atoms with van der Waals surface area (Å²) in [7, 11) is -2.12. The van der Waals surface area contributed by atoms with Crippen LogP contribution in [-0.4, -0.2) is 23.2 Å². The maximum absolute atomic E-state index is 11.4. The van der Waals surface area contributed by atoms with Gasteiger partial charge < -0.3 is 15.0 Å². The number of halogens is 1. The number of nitrogens with one attached hydrogen (secondary N) is 1. The normalized spacial score (nSPS) is 12.0. The third-order valence-corrected chi connectivity index (χ3v) is 5.50. The van der Waals surface area contributed by atoms with E-state index in [1.165, 1.54) is 18.2 Å². The Morgan fingerprint density at radius 1 is 1.30 bits per heavy atom. The summed E-state index contributed by atoms with van der Waals surface area (Å²) in [6, 6.07) is 11.3. The topological polar surface area (TPSA) is 122 Å². The third kappa shape index (κ3) is 4.00. The number of nitrogens with two attached hydrogens (primary N) is 1. The summed E-state index contributed by atoms with van der Waals surface area (Å²) in [6.45, 7) is 0. The molecule has 0 saturated carbocycles. The number of hydrogen-bond donors (Lipinski definition) is 3. The molecule has 0 amide bonds. The molecule has 1 aromatic heterocycles. The molecule has 1 heterocycles. The first-order valence-corrected chi connectivity index (χ1v) is 10.2. The highest BCUT2D eigenvalue weighted by Crippen LogP contribution is 2.40. The van der Waals surface area contributed by atoms with Gasteiger partial charge in [-0.1, -0.05) is 18.2 Å². The molecule has 3 rings (SSSR count). The number of aromatic hydroxyl groups is 1. The van der Waals surface area contributed by atoms with Crippen LogP contribution in [0, 0.1) is 0 Å². The van der Waals surface area contributed by atoms with E-state index in [0.717, 1.165) is 9.99 Å². The van der Waals surface area contributed by atoms with Crippen LogP contribution in [0.1, 0.15) is 0 Å². The molecule has 0 aliphatic heterocycles. The van der Waals surface area contributed by atoms with Gasteiger partial charge in [-0.05, 0) is 52.4 Å². The second-order valence-corrected chi connectivity index (χ2v) is 8.37. The van der Waals surface area contributed by atoms with Crippen LogP contribution < -0.4 is 10.5 Å². The first kappa shape index (κ1) is 19.4. The first-order chi connectivity index (χ1) is 12.7. The Morgan fingerprint density at radius 2 is 2.00 bits per heavy atom.